The van der Waals surface area contributed by atoms with E-state index in [0.29, 0.717) is 12.5 Å². The molecule has 6 heteroatoms. The van der Waals surface area contributed by atoms with Crippen molar-refractivity contribution in [2.45, 2.75) is 124 Å². The summed E-state index contributed by atoms with van der Waals surface area (Å²) in [5, 5.41) is 0.339. The highest BCUT2D eigenvalue weighted by Crippen LogP contribution is 2.41. The quantitative estimate of drug-likeness (QED) is 0.157. The largest absolute Gasteiger partial charge is 0.497 e. The van der Waals surface area contributed by atoms with E-state index >= 15 is 0 Å². The fraction of sp³-hybridized carbons (Fsp3) is 0.750. The molecule has 0 aliphatic heterocycles. The van der Waals surface area contributed by atoms with Crippen LogP contribution in [0.5, 0.6) is 5.75 Å². The first kappa shape index (κ1) is 35.1. The molecule has 0 fully saturated rings. The van der Waals surface area contributed by atoms with Crippen LogP contribution in [0.15, 0.2) is 36.9 Å². The molecule has 0 spiro atoms. The number of hydrogen-bond donors (Lipinski definition) is 0. The van der Waals surface area contributed by atoms with Crippen LogP contribution in [0.3, 0.4) is 0 Å². The van der Waals surface area contributed by atoms with E-state index in [2.05, 4.69) is 107 Å². The van der Waals surface area contributed by atoms with Gasteiger partial charge in [-0.25, -0.2) is 0 Å². The molecule has 0 saturated heterocycles. The zero-order chi connectivity index (χ0) is 29.5. The minimum atomic E-state index is -2.01. The highest BCUT2D eigenvalue weighted by molar-refractivity contribution is 6.74. The van der Waals surface area contributed by atoms with E-state index in [0.717, 1.165) is 24.3 Å². The van der Waals surface area contributed by atoms with Gasteiger partial charge in [0.1, 0.15) is 5.75 Å². The van der Waals surface area contributed by atoms with Crippen molar-refractivity contribution < 1.29 is 18.3 Å². The second-order valence-electron chi connectivity index (χ2n) is 14.3. The Morgan fingerprint density at radius 1 is 0.842 bits per heavy atom. The summed E-state index contributed by atoms with van der Waals surface area (Å²) in [6, 6.07) is 8.12. The van der Waals surface area contributed by atoms with Crippen LogP contribution in [0.25, 0.3) is 0 Å². The third-order valence-electron chi connectivity index (χ3n) is 9.17. The van der Waals surface area contributed by atoms with Crippen LogP contribution in [0.4, 0.5) is 0 Å². The fourth-order valence-corrected chi connectivity index (χ4v) is 6.70. The van der Waals surface area contributed by atoms with Crippen molar-refractivity contribution in [1.29, 1.82) is 0 Å². The Kier molecular flexibility index (Phi) is 13.0. The van der Waals surface area contributed by atoms with Crippen molar-refractivity contribution in [3.63, 3.8) is 0 Å². The van der Waals surface area contributed by atoms with Crippen LogP contribution < -0.4 is 4.74 Å². The average Bonchev–Trinajstić information content (AvgIpc) is 2.81. The van der Waals surface area contributed by atoms with Gasteiger partial charge in [0.05, 0.1) is 25.9 Å². The van der Waals surface area contributed by atoms with Gasteiger partial charge >= 0.3 is 0 Å². The van der Waals surface area contributed by atoms with E-state index in [4.69, 9.17) is 18.3 Å². The maximum atomic E-state index is 7.20. The SMILES string of the molecule is C=C[C@H](C)[C@H](OCc1ccc(OC)cc1)[C@@H](C)[C@@H](O[Si](C)(C)C(C)(C)C)[C@H](C)CCO[Si](C)(C)C(C)(C)C. The molecule has 220 valence electrons. The van der Waals surface area contributed by atoms with Crippen LogP contribution in [0.2, 0.25) is 36.3 Å². The van der Waals surface area contributed by atoms with E-state index in [-0.39, 0.29) is 34.1 Å². The van der Waals surface area contributed by atoms with Crippen LogP contribution in [0.1, 0.15) is 74.3 Å². The highest BCUT2D eigenvalue weighted by Gasteiger charge is 2.44. The second kappa shape index (κ2) is 14.1. The second-order valence-corrected chi connectivity index (χ2v) is 23.9. The zero-order valence-corrected chi connectivity index (χ0v) is 29.2. The van der Waals surface area contributed by atoms with Crippen LogP contribution >= 0.6 is 0 Å². The Balaban J connectivity index is 3.19. The van der Waals surface area contributed by atoms with Gasteiger partial charge in [-0.05, 0) is 66.3 Å². The Morgan fingerprint density at radius 2 is 1.37 bits per heavy atom. The van der Waals surface area contributed by atoms with Gasteiger partial charge in [0.15, 0.2) is 16.6 Å². The van der Waals surface area contributed by atoms with Gasteiger partial charge in [-0.1, -0.05) is 80.5 Å². The standard InChI is InChI=1S/C32H60O4Si2/c1-16-24(2)29(34-23-27-17-19-28(33-11)20-18-27)26(4)30(36-38(14,15)32(8,9)10)25(3)21-22-35-37(12,13)31(5,6)7/h16-20,24-26,29-30H,1,21-23H2,2-15H3/t24-,25+,26+,29-,30-/m0/s1. The van der Waals surface area contributed by atoms with Crippen molar-refractivity contribution in [3.8, 4) is 5.75 Å². The van der Waals surface area contributed by atoms with E-state index in [9.17, 15) is 0 Å². The molecular weight excluding hydrogens is 505 g/mol. The lowest BCUT2D eigenvalue weighted by atomic mass is 9.83. The Labute approximate surface area is 238 Å². The predicted molar refractivity (Wildman–Crippen MR) is 169 cm³/mol. The molecule has 0 saturated carbocycles. The van der Waals surface area contributed by atoms with Gasteiger partial charge in [0.2, 0.25) is 0 Å². The lowest BCUT2D eigenvalue weighted by Gasteiger charge is -2.45. The lowest BCUT2D eigenvalue weighted by Crippen LogP contribution is -2.50. The molecule has 0 unspecified atom stereocenters. The van der Waals surface area contributed by atoms with E-state index in [1.165, 1.54) is 0 Å². The molecular formula is C32H60O4Si2. The van der Waals surface area contributed by atoms with Crippen molar-refractivity contribution in [1.82, 2.24) is 0 Å². The Morgan fingerprint density at radius 3 is 1.82 bits per heavy atom. The molecule has 0 amide bonds. The van der Waals surface area contributed by atoms with Crippen molar-refractivity contribution in [2.24, 2.45) is 17.8 Å². The molecule has 0 aromatic heterocycles. The average molecular weight is 565 g/mol. The van der Waals surface area contributed by atoms with E-state index in [1.807, 2.05) is 18.2 Å². The van der Waals surface area contributed by atoms with Crippen LogP contribution in [0, 0.1) is 17.8 Å². The predicted octanol–water partition coefficient (Wildman–Crippen LogP) is 9.48. The van der Waals surface area contributed by atoms with Crippen molar-refractivity contribution >= 4 is 16.6 Å². The fourth-order valence-electron chi connectivity index (χ4n) is 4.16. The summed E-state index contributed by atoms with van der Waals surface area (Å²) in [6.45, 7) is 35.5. The summed E-state index contributed by atoms with van der Waals surface area (Å²) < 4.78 is 25.7. The van der Waals surface area contributed by atoms with Crippen LogP contribution in [-0.4, -0.2) is 42.6 Å². The van der Waals surface area contributed by atoms with Crippen molar-refractivity contribution in [2.75, 3.05) is 13.7 Å². The Hall–Kier alpha value is -0.926. The first-order valence-electron chi connectivity index (χ1n) is 14.5. The van der Waals surface area contributed by atoms with Crippen molar-refractivity contribution in [3.05, 3.63) is 42.5 Å². The van der Waals surface area contributed by atoms with E-state index in [1.54, 1.807) is 7.11 Å². The summed E-state index contributed by atoms with van der Waals surface area (Å²) in [5.41, 5.74) is 1.14. The molecule has 5 atom stereocenters. The molecule has 0 aliphatic rings. The molecule has 0 bridgehead atoms. The van der Waals surface area contributed by atoms with Crippen LogP contribution in [-0.2, 0) is 20.2 Å². The molecule has 0 radical (unpaired) electrons. The molecule has 0 heterocycles. The number of rotatable bonds is 15. The number of hydrogen-bond acceptors (Lipinski definition) is 4. The molecule has 1 aromatic rings. The number of benzene rings is 1. The van der Waals surface area contributed by atoms with Gasteiger partial charge in [-0.2, -0.15) is 0 Å². The Bertz CT molecular complexity index is 837. The maximum absolute atomic E-state index is 7.20. The zero-order valence-electron chi connectivity index (χ0n) is 27.2. The first-order chi connectivity index (χ1) is 17.3. The summed E-state index contributed by atoms with van der Waals surface area (Å²) in [6.07, 6.45) is 3.06. The molecule has 4 nitrogen and oxygen atoms in total. The first-order valence-corrected chi connectivity index (χ1v) is 20.3. The van der Waals surface area contributed by atoms with E-state index < -0.39 is 16.6 Å². The minimum absolute atomic E-state index is 0.00636. The molecule has 38 heavy (non-hydrogen) atoms. The molecule has 1 rings (SSSR count). The van der Waals surface area contributed by atoms with Gasteiger partial charge in [0.25, 0.3) is 0 Å². The van der Waals surface area contributed by atoms with Gasteiger partial charge in [-0.15, -0.1) is 6.58 Å². The number of methoxy groups -OCH3 is 1. The minimum Gasteiger partial charge on any atom is -0.497 e. The summed E-state index contributed by atoms with van der Waals surface area (Å²) in [4.78, 5) is 0. The van der Waals surface area contributed by atoms with Gasteiger partial charge in [-0.3, -0.25) is 0 Å². The third kappa shape index (κ3) is 9.92. The summed E-state index contributed by atoms with van der Waals surface area (Å²) in [7, 11) is -2.12. The molecule has 1 aromatic carbocycles. The number of ether oxygens (including phenoxy) is 2. The summed E-state index contributed by atoms with van der Waals surface area (Å²) in [5.74, 6) is 1.59. The van der Waals surface area contributed by atoms with Gasteiger partial charge < -0.3 is 18.3 Å². The summed E-state index contributed by atoms with van der Waals surface area (Å²) >= 11 is 0. The monoisotopic (exact) mass is 564 g/mol. The molecule has 0 N–H and O–H groups in total. The lowest BCUT2D eigenvalue weighted by molar-refractivity contribution is -0.0662. The smallest absolute Gasteiger partial charge is 0.192 e. The third-order valence-corrected chi connectivity index (χ3v) is 18.2. The molecule has 0 aliphatic carbocycles. The topological polar surface area (TPSA) is 36.9 Å². The highest BCUT2D eigenvalue weighted by atomic mass is 28.4. The normalized spacial score (nSPS) is 17.4. The van der Waals surface area contributed by atoms with Gasteiger partial charge in [0, 0.05) is 18.4 Å². The maximum Gasteiger partial charge on any atom is 0.192 e.